The minimum atomic E-state index is -1.71. The molecule has 6 nitrogen and oxygen atoms in total. The van der Waals surface area contributed by atoms with Crippen LogP contribution in [0.1, 0.15) is 85.5 Å². The second-order valence-electron chi connectivity index (χ2n) is 6.40. The molecule has 0 aromatic rings. The molecule has 0 spiro atoms. The van der Waals surface area contributed by atoms with Gasteiger partial charge in [0.15, 0.2) is 0 Å². The Hall–Kier alpha value is -1.14. The third kappa shape index (κ3) is 10.8. The van der Waals surface area contributed by atoms with Crippen molar-refractivity contribution in [2.45, 2.75) is 91.3 Å². The average Bonchev–Trinajstić information content (AvgIpc) is 2.62. The van der Waals surface area contributed by atoms with E-state index in [1.54, 1.807) is 0 Å². The Morgan fingerprint density at radius 3 is 1.54 bits per heavy atom. The van der Waals surface area contributed by atoms with Gasteiger partial charge in [0.2, 0.25) is 0 Å². The lowest BCUT2D eigenvalue weighted by Gasteiger charge is -2.30. The van der Waals surface area contributed by atoms with Gasteiger partial charge in [-0.05, 0) is 25.7 Å². The van der Waals surface area contributed by atoms with Crippen LogP contribution >= 0.6 is 0 Å². The number of unbranched alkanes of at least 4 members (excludes halogenated alkanes) is 4. The first-order chi connectivity index (χ1) is 12.6. The van der Waals surface area contributed by atoms with Gasteiger partial charge >= 0.3 is 11.9 Å². The second-order valence-corrected chi connectivity index (χ2v) is 6.40. The third-order valence-corrected chi connectivity index (χ3v) is 3.85. The molecule has 0 heterocycles. The maximum absolute atomic E-state index is 12.7. The molecular formula is C20H38O6. The Balaban J connectivity index is 5.12. The Labute approximate surface area is 158 Å². The van der Waals surface area contributed by atoms with Crippen LogP contribution in [0.2, 0.25) is 0 Å². The van der Waals surface area contributed by atoms with Crippen LogP contribution in [-0.2, 0) is 28.5 Å². The number of rotatable bonds is 17. The molecule has 0 bridgehead atoms. The summed E-state index contributed by atoms with van der Waals surface area (Å²) in [5.74, 6) is -2.84. The molecule has 154 valence electrons. The lowest BCUT2D eigenvalue weighted by molar-refractivity contribution is -0.253. The van der Waals surface area contributed by atoms with Crippen molar-refractivity contribution < 1.29 is 28.5 Å². The summed E-state index contributed by atoms with van der Waals surface area (Å²) in [4.78, 5) is 25.0. The summed E-state index contributed by atoms with van der Waals surface area (Å²) in [6.45, 7) is 9.37. The Kier molecular flexibility index (Phi) is 15.4. The van der Waals surface area contributed by atoms with Gasteiger partial charge in [-0.25, -0.2) is 4.79 Å². The standard InChI is InChI=1S/C20H38O6/c1-5-9-13-23-18(21)17-20(25-15-11-7-3,26-16-12-8-4)19(22)24-14-10-6-2/h5-17H2,1-4H3. The van der Waals surface area contributed by atoms with Crippen molar-refractivity contribution in [3.63, 3.8) is 0 Å². The van der Waals surface area contributed by atoms with Crippen LogP contribution in [0.4, 0.5) is 0 Å². The zero-order chi connectivity index (χ0) is 19.7. The van der Waals surface area contributed by atoms with E-state index in [1.165, 1.54) is 0 Å². The molecule has 0 aromatic heterocycles. The molecule has 0 aliphatic heterocycles. The Morgan fingerprint density at radius 1 is 0.654 bits per heavy atom. The molecule has 0 N–H and O–H groups in total. The maximum Gasteiger partial charge on any atom is 0.367 e. The molecule has 26 heavy (non-hydrogen) atoms. The summed E-state index contributed by atoms with van der Waals surface area (Å²) in [7, 11) is 0. The number of carbonyl (C=O) groups is 2. The van der Waals surface area contributed by atoms with Gasteiger partial charge in [0, 0.05) is 0 Å². The van der Waals surface area contributed by atoms with Crippen LogP contribution in [0, 0.1) is 0 Å². The van der Waals surface area contributed by atoms with Crippen molar-refractivity contribution >= 4 is 11.9 Å². The largest absolute Gasteiger partial charge is 0.466 e. The quantitative estimate of drug-likeness (QED) is 0.214. The van der Waals surface area contributed by atoms with E-state index in [2.05, 4.69) is 0 Å². The van der Waals surface area contributed by atoms with Crippen molar-refractivity contribution in [1.82, 2.24) is 0 Å². The molecule has 0 aliphatic rings. The van der Waals surface area contributed by atoms with Crippen LogP contribution in [0.3, 0.4) is 0 Å². The Bertz CT molecular complexity index is 359. The molecule has 0 unspecified atom stereocenters. The monoisotopic (exact) mass is 374 g/mol. The van der Waals surface area contributed by atoms with E-state index >= 15 is 0 Å². The highest BCUT2D eigenvalue weighted by Crippen LogP contribution is 2.23. The van der Waals surface area contributed by atoms with Gasteiger partial charge in [0.25, 0.3) is 5.79 Å². The normalized spacial score (nSPS) is 11.4. The van der Waals surface area contributed by atoms with E-state index in [1.807, 2.05) is 27.7 Å². The van der Waals surface area contributed by atoms with E-state index in [-0.39, 0.29) is 13.0 Å². The fourth-order valence-electron chi connectivity index (χ4n) is 2.09. The summed E-state index contributed by atoms with van der Waals surface area (Å²) in [5, 5.41) is 0. The molecule has 0 rings (SSSR count). The number of hydrogen-bond acceptors (Lipinski definition) is 6. The van der Waals surface area contributed by atoms with Gasteiger partial charge in [-0.3, -0.25) is 4.79 Å². The first-order valence-corrected chi connectivity index (χ1v) is 10.2. The van der Waals surface area contributed by atoms with Crippen LogP contribution in [0.25, 0.3) is 0 Å². The maximum atomic E-state index is 12.7. The predicted molar refractivity (Wildman–Crippen MR) is 101 cm³/mol. The molecule has 0 saturated carbocycles. The SMILES string of the molecule is CCCCOC(=O)CC(OCCCC)(OCCCC)C(=O)OCCCC. The summed E-state index contributed by atoms with van der Waals surface area (Å²) < 4.78 is 22.1. The minimum Gasteiger partial charge on any atom is -0.466 e. The zero-order valence-corrected chi connectivity index (χ0v) is 17.1. The van der Waals surface area contributed by atoms with E-state index in [9.17, 15) is 9.59 Å². The summed E-state index contributed by atoms with van der Waals surface area (Å²) >= 11 is 0. The second kappa shape index (κ2) is 16.1. The topological polar surface area (TPSA) is 71.1 Å². The average molecular weight is 375 g/mol. The molecule has 6 heteroatoms. The van der Waals surface area contributed by atoms with E-state index in [0.29, 0.717) is 19.8 Å². The van der Waals surface area contributed by atoms with Gasteiger partial charge < -0.3 is 18.9 Å². The number of hydrogen-bond donors (Lipinski definition) is 0. The fourth-order valence-corrected chi connectivity index (χ4v) is 2.09. The number of ether oxygens (including phenoxy) is 4. The summed E-state index contributed by atoms with van der Waals surface area (Å²) in [6.07, 6.45) is 6.46. The smallest absolute Gasteiger partial charge is 0.367 e. The van der Waals surface area contributed by atoms with Crippen molar-refractivity contribution in [3.8, 4) is 0 Å². The van der Waals surface area contributed by atoms with Crippen LogP contribution in [-0.4, -0.2) is 44.2 Å². The summed E-state index contributed by atoms with van der Waals surface area (Å²) in [5.41, 5.74) is 0. The first kappa shape index (κ1) is 24.9. The molecule has 0 aromatic carbocycles. The first-order valence-electron chi connectivity index (χ1n) is 10.2. The predicted octanol–water partition coefficient (Wildman–Crippen LogP) is 4.39. The molecule has 0 saturated heterocycles. The highest BCUT2D eigenvalue weighted by atomic mass is 16.7. The molecule has 0 atom stereocenters. The lowest BCUT2D eigenvalue weighted by Crippen LogP contribution is -2.48. The Morgan fingerprint density at radius 2 is 1.08 bits per heavy atom. The molecule has 0 aliphatic carbocycles. The van der Waals surface area contributed by atoms with Crippen molar-refractivity contribution in [3.05, 3.63) is 0 Å². The van der Waals surface area contributed by atoms with Crippen molar-refractivity contribution in [2.75, 3.05) is 26.4 Å². The molecular weight excluding hydrogens is 336 g/mol. The van der Waals surface area contributed by atoms with Gasteiger partial charge in [-0.2, -0.15) is 0 Å². The van der Waals surface area contributed by atoms with Crippen LogP contribution < -0.4 is 0 Å². The number of esters is 2. The highest BCUT2D eigenvalue weighted by molar-refractivity contribution is 5.84. The zero-order valence-electron chi connectivity index (χ0n) is 17.1. The van der Waals surface area contributed by atoms with E-state index in [0.717, 1.165) is 51.4 Å². The molecule has 0 fully saturated rings. The van der Waals surface area contributed by atoms with Crippen molar-refractivity contribution in [2.24, 2.45) is 0 Å². The number of carbonyl (C=O) groups excluding carboxylic acids is 2. The molecule has 0 amide bonds. The van der Waals surface area contributed by atoms with Gasteiger partial charge in [0.1, 0.15) is 6.42 Å². The lowest BCUT2D eigenvalue weighted by atomic mass is 10.1. The van der Waals surface area contributed by atoms with Crippen molar-refractivity contribution in [1.29, 1.82) is 0 Å². The molecule has 0 radical (unpaired) electrons. The van der Waals surface area contributed by atoms with E-state index in [4.69, 9.17) is 18.9 Å². The van der Waals surface area contributed by atoms with E-state index < -0.39 is 17.7 Å². The third-order valence-electron chi connectivity index (χ3n) is 3.85. The highest BCUT2D eigenvalue weighted by Gasteiger charge is 2.45. The minimum absolute atomic E-state index is 0.283. The fraction of sp³-hybridized carbons (Fsp3) is 0.900. The van der Waals surface area contributed by atoms with Gasteiger partial charge in [-0.1, -0.05) is 53.4 Å². The van der Waals surface area contributed by atoms with Gasteiger partial charge in [0.05, 0.1) is 26.4 Å². The van der Waals surface area contributed by atoms with Crippen LogP contribution in [0.15, 0.2) is 0 Å². The summed E-state index contributed by atoms with van der Waals surface area (Å²) in [6, 6.07) is 0. The van der Waals surface area contributed by atoms with Gasteiger partial charge in [-0.15, -0.1) is 0 Å². The van der Waals surface area contributed by atoms with Crippen LogP contribution in [0.5, 0.6) is 0 Å².